The standard InChI is InChI=1S/C13H15NO5S2/c1-9-14(6-3-7-20-19-18-16)11-8-10(13(15)17-2)4-5-12(11)21-9/h4-5,8H,3,6-7H2,1-2H3. The Labute approximate surface area is 130 Å². The third kappa shape index (κ3) is 3.92. The van der Waals surface area contributed by atoms with Gasteiger partial charge in [-0.2, -0.15) is 8.90 Å². The van der Waals surface area contributed by atoms with E-state index in [9.17, 15) is 10.1 Å². The van der Waals surface area contributed by atoms with Gasteiger partial charge in [0.1, 0.15) is 4.70 Å². The molecular formula is C13H15NO5S2. The summed E-state index contributed by atoms with van der Waals surface area (Å²) < 4.78 is 12.2. The molecule has 0 unspecified atom stereocenters. The van der Waals surface area contributed by atoms with Crippen molar-refractivity contribution >= 4 is 39.6 Å². The van der Waals surface area contributed by atoms with Gasteiger partial charge in [0.25, 0.3) is 0 Å². The first-order valence-electron chi connectivity index (χ1n) is 6.26. The zero-order valence-corrected chi connectivity index (χ0v) is 13.3. The molecule has 0 spiro atoms. The first kappa shape index (κ1) is 16.2. The molecule has 1 aromatic heterocycles. The fraction of sp³-hybridized carbons (Fsp3) is 0.385. The van der Waals surface area contributed by atoms with Crippen LogP contribution in [0.2, 0.25) is 0 Å². The van der Waals surface area contributed by atoms with Gasteiger partial charge in [-0.05, 0) is 12.1 Å². The van der Waals surface area contributed by atoms with Gasteiger partial charge in [0, 0.05) is 37.2 Å². The second-order valence-electron chi connectivity index (χ2n) is 4.26. The van der Waals surface area contributed by atoms with Gasteiger partial charge in [0.15, 0.2) is 6.54 Å². The number of aromatic nitrogens is 1. The summed E-state index contributed by atoms with van der Waals surface area (Å²) in [5, 5.41) is 14.1. The van der Waals surface area contributed by atoms with Crippen LogP contribution in [0.4, 0.5) is 0 Å². The summed E-state index contributed by atoms with van der Waals surface area (Å²) in [5.41, 5.74) is 1.54. The normalized spacial score (nSPS) is 11.0. The Morgan fingerprint density at radius 2 is 2.29 bits per heavy atom. The number of aryl methyl sites for hydroxylation is 2. The lowest BCUT2D eigenvalue weighted by molar-refractivity contribution is -0.777. The van der Waals surface area contributed by atoms with Crippen molar-refractivity contribution in [3.8, 4) is 0 Å². The molecule has 0 radical (unpaired) electrons. The number of methoxy groups -OCH3 is 1. The Balaban J connectivity index is 2.17. The Hall–Kier alpha value is -1.19. The smallest absolute Gasteiger partial charge is 0.338 e. The summed E-state index contributed by atoms with van der Waals surface area (Å²) in [4.78, 5) is 11.6. The van der Waals surface area contributed by atoms with Crippen LogP contribution in [-0.2, 0) is 20.7 Å². The number of thiazole rings is 1. The van der Waals surface area contributed by atoms with Crippen molar-refractivity contribution in [2.45, 2.75) is 19.9 Å². The van der Waals surface area contributed by atoms with Gasteiger partial charge in [-0.3, -0.25) is 5.04 Å². The summed E-state index contributed by atoms with van der Waals surface area (Å²) in [6.45, 7) is 2.80. The van der Waals surface area contributed by atoms with E-state index in [4.69, 9.17) is 4.74 Å². The molecule has 0 fully saturated rings. The monoisotopic (exact) mass is 329 g/mol. The lowest BCUT2D eigenvalue weighted by Crippen LogP contribution is -2.35. The van der Waals surface area contributed by atoms with Crippen LogP contribution in [0.25, 0.3) is 10.2 Å². The van der Waals surface area contributed by atoms with Gasteiger partial charge in [0.05, 0.1) is 12.7 Å². The minimum absolute atomic E-state index is 0.344. The quantitative estimate of drug-likeness (QED) is 0.192. The van der Waals surface area contributed by atoms with Gasteiger partial charge < -0.3 is 9.99 Å². The second-order valence-corrected chi connectivity index (χ2v) is 6.27. The Kier molecular flexibility index (Phi) is 5.95. The first-order chi connectivity index (χ1) is 10.2. The predicted molar refractivity (Wildman–Crippen MR) is 77.3 cm³/mol. The van der Waals surface area contributed by atoms with E-state index >= 15 is 0 Å². The summed E-state index contributed by atoms with van der Waals surface area (Å²) >= 11 is 2.65. The molecule has 0 N–H and O–H groups in total. The number of hydrogen-bond donors (Lipinski definition) is 0. The molecule has 6 nitrogen and oxygen atoms in total. The van der Waals surface area contributed by atoms with Crippen molar-refractivity contribution in [2.24, 2.45) is 0 Å². The van der Waals surface area contributed by atoms with E-state index < -0.39 is 0 Å². The summed E-state index contributed by atoms with van der Waals surface area (Å²) in [6.07, 6.45) is 0.813. The third-order valence-electron chi connectivity index (χ3n) is 2.99. The lowest BCUT2D eigenvalue weighted by atomic mass is 10.2. The predicted octanol–water partition coefficient (Wildman–Crippen LogP) is 1.55. The molecule has 0 aliphatic heterocycles. The van der Waals surface area contributed by atoms with Crippen LogP contribution in [0.15, 0.2) is 18.2 Å². The molecular weight excluding hydrogens is 314 g/mol. The summed E-state index contributed by atoms with van der Waals surface area (Å²) in [7, 11) is 1.37. The number of rotatable bonds is 7. The largest absolute Gasteiger partial charge is 0.691 e. The van der Waals surface area contributed by atoms with E-state index in [0.29, 0.717) is 11.3 Å². The number of benzene rings is 1. The van der Waals surface area contributed by atoms with Crippen molar-refractivity contribution in [2.75, 3.05) is 12.9 Å². The molecule has 2 aromatic rings. The molecule has 2 rings (SSSR count). The molecule has 0 saturated heterocycles. The maximum atomic E-state index is 11.6. The molecule has 0 aliphatic rings. The molecule has 1 aromatic carbocycles. The first-order valence-corrected chi connectivity index (χ1v) is 7.99. The highest BCUT2D eigenvalue weighted by Crippen LogP contribution is 2.22. The van der Waals surface area contributed by atoms with Crippen LogP contribution < -0.4 is 9.82 Å². The number of fused-ring (bicyclic) bond motifs is 1. The van der Waals surface area contributed by atoms with Gasteiger partial charge in [-0.15, -0.1) is 0 Å². The molecule has 8 heteroatoms. The highest BCUT2D eigenvalue weighted by Gasteiger charge is 2.19. The second kappa shape index (κ2) is 7.71. The van der Waals surface area contributed by atoms with E-state index in [1.807, 2.05) is 19.1 Å². The SMILES string of the molecule is COC(=O)c1ccc2sc(C)[n+](CCCSOO[O-])c2c1. The van der Waals surface area contributed by atoms with Gasteiger partial charge in [-0.25, -0.2) is 4.79 Å². The zero-order chi connectivity index (χ0) is 15.2. The highest BCUT2D eigenvalue weighted by atomic mass is 32.2. The maximum Gasteiger partial charge on any atom is 0.338 e. The highest BCUT2D eigenvalue weighted by molar-refractivity contribution is 7.94. The van der Waals surface area contributed by atoms with Gasteiger partial charge >= 0.3 is 5.97 Å². The third-order valence-corrected chi connectivity index (χ3v) is 4.68. The Bertz CT molecular complexity index is 628. The number of carbonyl (C=O) groups is 1. The van der Waals surface area contributed by atoms with Crippen molar-refractivity contribution in [3.05, 3.63) is 28.8 Å². The molecule has 0 atom stereocenters. The average molecular weight is 329 g/mol. The van der Waals surface area contributed by atoms with Crippen molar-refractivity contribution in [1.29, 1.82) is 0 Å². The zero-order valence-electron chi connectivity index (χ0n) is 11.7. The lowest BCUT2D eigenvalue weighted by Gasteiger charge is -2.02. The average Bonchev–Trinajstić information content (AvgIpc) is 2.81. The number of hydrogen-bond acceptors (Lipinski definition) is 7. The Morgan fingerprint density at radius 3 is 3.00 bits per heavy atom. The van der Waals surface area contributed by atoms with Crippen LogP contribution in [0.1, 0.15) is 21.8 Å². The molecule has 114 valence electrons. The minimum Gasteiger partial charge on any atom is -0.691 e. The fourth-order valence-corrected chi connectivity index (χ4v) is 3.44. The fourth-order valence-electron chi connectivity index (χ4n) is 2.06. The summed E-state index contributed by atoms with van der Waals surface area (Å²) in [5.74, 6) is 0.298. The number of ether oxygens (including phenoxy) is 1. The Morgan fingerprint density at radius 1 is 1.48 bits per heavy atom. The van der Waals surface area contributed by atoms with Crippen LogP contribution in [0.3, 0.4) is 0 Å². The molecule has 21 heavy (non-hydrogen) atoms. The van der Waals surface area contributed by atoms with Gasteiger partial charge in [-0.1, -0.05) is 11.3 Å². The van der Waals surface area contributed by atoms with E-state index in [0.717, 1.165) is 40.2 Å². The molecule has 0 bridgehead atoms. The number of carbonyl (C=O) groups excluding carboxylic acids is 1. The molecule has 0 amide bonds. The van der Waals surface area contributed by atoms with E-state index in [2.05, 4.69) is 13.9 Å². The van der Waals surface area contributed by atoms with Crippen molar-refractivity contribution in [1.82, 2.24) is 0 Å². The van der Waals surface area contributed by atoms with Crippen LogP contribution in [-0.4, -0.2) is 18.8 Å². The molecule has 0 aliphatic carbocycles. The van der Waals surface area contributed by atoms with Gasteiger partial charge in [0.2, 0.25) is 10.5 Å². The van der Waals surface area contributed by atoms with Crippen molar-refractivity contribution in [3.63, 3.8) is 0 Å². The van der Waals surface area contributed by atoms with Crippen LogP contribution in [0, 0.1) is 6.92 Å². The van der Waals surface area contributed by atoms with E-state index in [-0.39, 0.29) is 5.97 Å². The van der Waals surface area contributed by atoms with E-state index in [1.165, 1.54) is 7.11 Å². The maximum absolute atomic E-state index is 11.6. The number of nitrogens with zero attached hydrogens (tertiary/aromatic N) is 1. The van der Waals surface area contributed by atoms with E-state index in [1.54, 1.807) is 17.4 Å². The minimum atomic E-state index is -0.344. The topological polar surface area (TPSA) is 71.7 Å². The molecule has 1 heterocycles. The van der Waals surface area contributed by atoms with Crippen molar-refractivity contribution < 1.29 is 28.7 Å². The van der Waals surface area contributed by atoms with Crippen LogP contribution in [0.5, 0.6) is 0 Å². The molecule has 0 saturated carbocycles. The number of esters is 1. The summed E-state index contributed by atoms with van der Waals surface area (Å²) in [6, 6.07) is 5.54. The van der Waals surface area contributed by atoms with Crippen LogP contribution >= 0.6 is 23.4 Å².